The van der Waals surface area contributed by atoms with E-state index in [1.54, 1.807) is 42.2 Å². The molecule has 2 aromatic carbocycles. The Kier molecular flexibility index (Phi) is 8.92. The van der Waals surface area contributed by atoms with Crippen LogP contribution in [0.3, 0.4) is 0 Å². The Bertz CT molecular complexity index is 898. The van der Waals surface area contributed by atoms with Crippen LogP contribution in [0.5, 0.6) is 0 Å². The second-order valence-electron chi connectivity index (χ2n) is 7.93. The number of benzene rings is 2. The number of nitrogens with one attached hydrogen (secondary N) is 1. The summed E-state index contributed by atoms with van der Waals surface area (Å²) in [7, 11) is 0. The largest absolute Gasteiger partial charge is 0.350 e. The van der Waals surface area contributed by atoms with E-state index in [1.807, 2.05) is 32.9 Å². The molecule has 0 aliphatic rings. The number of carbonyl (C=O) groups is 2. The molecule has 0 spiro atoms. The molecule has 0 aliphatic heterocycles. The lowest BCUT2D eigenvalue weighted by Gasteiger charge is -2.31. The Labute approximate surface area is 197 Å². The molecule has 2 aromatic rings. The van der Waals surface area contributed by atoms with Gasteiger partial charge in [-0.25, -0.2) is 0 Å². The lowest BCUT2D eigenvalue weighted by atomic mass is 10.1. The van der Waals surface area contributed by atoms with Crippen molar-refractivity contribution in [2.75, 3.05) is 5.75 Å². The second-order valence-corrected chi connectivity index (χ2v) is 10.2. The maximum absolute atomic E-state index is 13.1. The highest BCUT2D eigenvalue weighted by Gasteiger charge is 2.28. The molecular formula is C22H25Cl3N2O2S. The van der Waals surface area contributed by atoms with Gasteiger partial charge in [-0.2, -0.15) is 0 Å². The minimum atomic E-state index is -0.656. The van der Waals surface area contributed by atoms with Crippen LogP contribution in [0, 0.1) is 0 Å². The quantitative estimate of drug-likeness (QED) is 0.482. The van der Waals surface area contributed by atoms with Crippen molar-refractivity contribution in [2.24, 2.45) is 0 Å². The average Bonchev–Trinajstić information content (AvgIpc) is 2.66. The summed E-state index contributed by atoms with van der Waals surface area (Å²) in [6.45, 7) is 7.68. The number of thioether (sulfide) groups is 1. The standard InChI is InChI=1S/C22H25Cl3N2O2S/c1-14(21(29)26-22(2,3)4)27(12-15-5-10-18(24)19(25)11-15)20(28)13-30-17-8-6-16(23)7-9-17/h5-11,14H,12-13H2,1-4H3,(H,26,29). The summed E-state index contributed by atoms with van der Waals surface area (Å²) < 4.78 is 0. The fourth-order valence-corrected chi connectivity index (χ4v) is 3.88. The molecule has 2 rings (SSSR count). The summed E-state index contributed by atoms with van der Waals surface area (Å²) in [6.07, 6.45) is 0. The minimum absolute atomic E-state index is 0.155. The molecular weight excluding hydrogens is 463 g/mol. The minimum Gasteiger partial charge on any atom is -0.350 e. The maximum atomic E-state index is 13.1. The number of rotatable bonds is 7. The molecule has 0 radical (unpaired) electrons. The van der Waals surface area contributed by atoms with E-state index in [1.165, 1.54) is 11.8 Å². The second kappa shape index (κ2) is 10.8. The zero-order valence-corrected chi connectivity index (χ0v) is 20.4. The predicted molar refractivity (Wildman–Crippen MR) is 127 cm³/mol. The molecule has 1 atom stereocenters. The van der Waals surface area contributed by atoms with Crippen LogP contribution in [0.15, 0.2) is 47.4 Å². The fraction of sp³-hybridized carbons (Fsp3) is 0.364. The lowest BCUT2D eigenvalue weighted by Crippen LogP contribution is -2.52. The highest BCUT2D eigenvalue weighted by atomic mass is 35.5. The van der Waals surface area contributed by atoms with E-state index in [0.29, 0.717) is 15.1 Å². The Balaban J connectivity index is 2.19. The van der Waals surface area contributed by atoms with Crippen LogP contribution >= 0.6 is 46.6 Å². The van der Waals surface area contributed by atoms with Crippen molar-refractivity contribution in [3.63, 3.8) is 0 Å². The summed E-state index contributed by atoms with van der Waals surface area (Å²) in [6, 6.07) is 11.8. The van der Waals surface area contributed by atoms with Crippen molar-refractivity contribution in [1.82, 2.24) is 10.2 Å². The molecule has 0 fully saturated rings. The van der Waals surface area contributed by atoms with Gasteiger partial charge in [-0.05, 0) is 69.7 Å². The zero-order valence-electron chi connectivity index (χ0n) is 17.3. The Morgan fingerprint density at radius 1 is 1.03 bits per heavy atom. The van der Waals surface area contributed by atoms with Crippen LogP contribution in [0.2, 0.25) is 15.1 Å². The molecule has 1 unspecified atom stereocenters. The van der Waals surface area contributed by atoms with Crippen LogP contribution in [0.4, 0.5) is 0 Å². The average molecular weight is 488 g/mol. The number of carbonyl (C=O) groups excluding carboxylic acids is 2. The summed E-state index contributed by atoms with van der Waals surface area (Å²) in [5, 5.41) is 4.42. The Morgan fingerprint density at radius 2 is 1.67 bits per heavy atom. The molecule has 0 aromatic heterocycles. The van der Waals surface area contributed by atoms with Crippen molar-refractivity contribution in [3.8, 4) is 0 Å². The molecule has 2 amide bonds. The molecule has 0 saturated heterocycles. The number of hydrogen-bond donors (Lipinski definition) is 1. The van der Waals surface area contributed by atoms with Crippen LogP contribution in [-0.2, 0) is 16.1 Å². The number of halogens is 3. The van der Waals surface area contributed by atoms with Gasteiger partial charge in [-0.15, -0.1) is 11.8 Å². The molecule has 4 nitrogen and oxygen atoms in total. The SMILES string of the molecule is CC(C(=O)NC(C)(C)C)N(Cc1ccc(Cl)c(Cl)c1)C(=O)CSc1ccc(Cl)cc1. The molecule has 8 heteroatoms. The van der Waals surface area contributed by atoms with Gasteiger partial charge in [0.2, 0.25) is 11.8 Å². The first kappa shape index (κ1) is 24.9. The van der Waals surface area contributed by atoms with E-state index < -0.39 is 11.6 Å². The fourth-order valence-electron chi connectivity index (χ4n) is 2.65. The molecule has 162 valence electrons. The lowest BCUT2D eigenvalue weighted by molar-refractivity contribution is -0.139. The zero-order chi connectivity index (χ0) is 22.5. The topological polar surface area (TPSA) is 49.4 Å². The van der Waals surface area contributed by atoms with Gasteiger partial charge in [0.25, 0.3) is 0 Å². The van der Waals surface area contributed by atoms with E-state index in [2.05, 4.69) is 5.32 Å². The molecule has 0 saturated carbocycles. The highest BCUT2D eigenvalue weighted by Crippen LogP contribution is 2.25. The predicted octanol–water partition coefficient (Wildman–Crippen LogP) is 6.07. The van der Waals surface area contributed by atoms with Crippen molar-refractivity contribution >= 4 is 58.4 Å². The molecule has 0 bridgehead atoms. The smallest absolute Gasteiger partial charge is 0.242 e. The molecule has 1 N–H and O–H groups in total. The van der Waals surface area contributed by atoms with Gasteiger partial charge in [-0.3, -0.25) is 9.59 Å². The first-order valence-corrected chi connectivity index (χ1v) is 11.5. The summed E-state index contributed by atoms with van der Waals surface area (Å²) >= 11 is 19.4. The van der Waals surface area contributed by atoms with E-state index in [-0.39, 0.29) is 24.1 Å². The van der Waals surface area contributed by atoms with Crippen molar-refractivity contribution in [3.05, 3.63) is 63.1 Å². The third-order valence-corrected chi connectivity index (χ3v) is 6.17. The van der Waals surface area contributed by atoms with Crippen molar-refractivity contribution in [2.45, 2.75) is 50.7 Å². The monoisotopic (exact) mass is 486 g/mol. The summed E-state index contributed by atoms with van der Waals surface area (Å²) in [5.41, 5.74) is 0.395. The van der Waals surface area contributed by atoms with Gasteiger partial charge in [0.1, 0.15) is 6.04 Å². The van der Waals surface area contributed by atoms with E-state index in [9.17, 15) is 9.59 Å². The van der Waals surface area contributed by atoms with Crippen molar-refractivity contribution in [1.29, 1.82) is 0 Å². The highest BCUT2D eigenvalue weighted by molar-refractivity contribution is 8.00. The first-order valence-electron chi connectivity index (χ1n) is 9.40. The third kappa shape index (κ3) is 7.69. The van der Waals surface area contributed by atoms with Crippen LogP contribution in [0.25, 0.3) is 0 Å². The van der Waals surface area contributed by atoms with Gasteiger partial charge >= 0.3 is 0 Å². The first-order chi connectivity index (χ1) is 14.0. The number of amides is 2. The van der Waals surface area contributed by atoms with Crippen LogP contribution in [-0.4, -0.2) is 34.0 Å². The Morgan fingerprint density at radius 3 is 2.23 bits per heavy atom. The van der Waals surface area contributed by atoms with Gasteiger partial charge in [-0.1, -0.05) is 40.9 Å². The molecule has 30 heavy (non-hydrogen) atoms. The van der Waals surface area contributed by atoms with E-state index >= 15 is 0 Å². The van der Waals surface area contributed by atoms with Gasteiger partial charge in [0.15, 0.2) is 0 Å². The van der Waals surface area contributed by atoms with E-state index in [4.69, 9.17) is 34.8 Å². The maximum Gasteiger partial charge on any atom is 0.242 e. The van der Waals surface area contributed by atoms with Crippen LogP contribution < -0.4 is 5.32 Å². The van der Waals surface area contributed by atoms with Gasteiger partial charge in [0, 0.05) is 22.0 Å². The number of hydrogen-bond acceptors (Lipinski definition) is 3. The number of nitrogens with zero attached hydrogens (tertiary/aromatic N) is 1. The van der Waals surface area contributed by atoms with Crippen LogP contribution in [0.1, 0.15) is 33.3 Å². The summed E-state index contributed by atoms with van der Waals surface area (Å²) in [4.78, 5) is 28.3. The van der Waals surface area contributed by atoms with Crippen molar-refractivity contribution < 1.29 is 9.59 Å². The molecule has 0 aliphatic carbocycles. The van der Waals surface area contributed by atoms with Gasteiger partial charge < -0.3 is 10.2 Å². The van der Waals surface area contributed by atoms with Gasteiger partial charge in [0.05, 0.1) is 15.8 Å². The third-order valence-electron chi connectivity index (χ3n) is 4.18. The Hall–Kier alpha value is -1.40. The summed E-state index contributed by atoms with van der Waals surface area (Å²) in [5.74, 6) is -0.180. The normalized spacial score (nSPS) is 12.4. The molecule has 0 heterocycles. The van der Waals surface area contributed by atoms with E-state index in [0.717, 1.165) is 10.5 Å².